The Kier molecular flexibility index (Phi) is 4.03. The van der Waals surface area contributed by atoms with Gasteiger partial charge in [-0.3, -0.25) is 14.8 Å². The van der Waals surface area contributed by atoms with Crippen molar-refractivity contribution < 1.29 is 18.1 Å². The van der Waals surface area contributed by atoms with Crippen LogP contribution in [-0.4, -0.2) is 25.4 Å². The average Bonchev–Trinajstić information content (AvgIpc) is 2.47. The van der Waals surface area contributed by atoms with E-state index >= 15 is 0 Å². The van der Waals surface area contributed by atoms with Crippen LogP contribution in [0.15, 0.2) is 47.5 Å². The molecule has 0 saturated carbocycles. The molecule has 2 rings (SSSR count). The number of hydrogen-bond acceptors (Lipinski definition) is 6. The molecule has 0 radical (unpaired) electrons. The van der Waals surface area contributed by atoms with Crippen LogP contribution < -0.4 is 9.46 Å². The van der Waals surface area contributed by atoms with Crippen LogP contribution in [0.1, 0.15) is 0 Å². The van der Waals surface area contributed by atoms with Crippen LogP contribution in [0.5, 0.6) is 5.75 Å². The lowest BCUT2D eigenvalue weighted by Crippen LogP contribution is -2.15. The van der Waals surface area contributed by atoms with Gasteiger partial charge in [-0.05, 0) is 18.2 Å². The summed E-state index contributed by atoms with van der Waals surface area (Å²) >= 11 is 0. The monoisotopic (exact) mass is 309 g/mol. The van der Waals surface area contributed by atoms with E-state index in [0.717, 1.165) is 18.2 Å². The Hall–Kier alpha value is -2.68. The minimum atomic E-state index is -3.96. The topological polar surface area (TPSA) is 111 Å². The molecule has 0 aliphatic rings. The summed E-state index contributed by atoms with van der Waals surface area (Å²) in [5.41, 5.74) is -0.261. The van der Waals surface area contributed by atoms with Gasteiger partial charge in [-0.15, -0.1) is 0 Å². The maximum Gasteiger partial charge on any atom is 0.273 e. The van der Waals surface area contributed by atoms with Gasteiger partial charge in [-0.2, -0.15) is 0 Å². The van der Waals surface area contributed by atoms with E-state index in [0.29, 0.717) is 0 Å². The van der Waals surface area contributed by atoms with E-state index in [1.165, 1.54) is 19.4 Å². The predicted octanol–water partition coefficient (Wildman–Crippen LogP) is 1.80. The van der Waals surface area contributed by atoms with Crippen LogP contribution in [0.3, 0.4) is 0 Å². The molecule has 1 heterocycles. The Bertz CT molecular complexity index is 762. The third kappa shape index (κ3) is 3.26. The van der Waals surface area contributed by atoms with Crippen molar-refractivity contribution in [3.8, 4) is 5.75 Å². The lowest BCUT2D eigenvalue weighted by atomic mass is 10.3. The lowest BCUT2D eigenvalue weighted by molar-refractivity contribution is -0.385. The third-order valence-electron chi connectivity index (χ3n) is 2.55. The molecule has 0 unspecified atom stereocenters. The number of methoxy groups -OCH3 is 1. The van der Waals surface area contributed by atoms with E-state index in [-0.39, 0.29) is 22.2 Å². The van der Waals surface area contributed by atoms with Crippen molar-refractivity contribution in [1.29, 1.82) is 0 Å². The first-order chi connectivity index (χ1) is 9.94. The first kappa shape index (κ1) is 14.7. The predicted molar refractivity (Wildman–Crippen MR) is 74.7 cm³/mol. The molecule has 110 valence electrons. The first-order valence-electron chi connectivity index (χ1n) is 5.70. The second-order valence-corrected chi connectivity index (χ2v) is 5.56. The smallest absolute Gasteiger partial charge is 0.273 e. The van der Waals surface area contributed by atoms with E-state index in [1.54, 1.807) is 12.1 Å². The van der Waals surface area contributed by atoms with Crippen LogP contribution in [0, 0.1) is 10.1 Å². The molecule has 9 heteroatoms. The summed E-state index contributed by atoms with van der Waals surface area (Å²) in [5.74, 6) is 0.0190. The molecule has 2 aromatic rings. The summed E-state index contributed by atoms with van der Waals surface area (Å²) in [4.78, 5) is 13.7. The third-order valence-corrected chi connectivity index (χ3v) is 3.95. The van der Waals surface area contributed by atoms with Crippen molar-refractivity contribution in [3.05, 3.63) is 52.7 Å². The lowest BCUT2D eigenvalue weighted by Gasteiger charge is -2.10. The molecule has 0 aliphatic heterocycles. The van der Waals surface area contributed by atoms with Crippen LogP contribution in [-0.2, 0) is 10.0 Å². The highest BCUT2D eigenvalue weighted by Crippen LogP contribution is 2.29. The van der Waals surface area contributed by atoms with Gasteiger partial charge in [0.25, 0.3) is 15.7 Å². The fourth-order valence-corrected chi connectivity index (χ4v) is 2.77. The molecule has 1 aromatic heterocycles. The second kappa shape index (κ2) is 5.75. The SMILES string of the molecule is COc1cc([N+](=O)[O-])ccc1S(=O)(=O)Nc1ccccn1. The van der Waals surface area contributed by atoms with Gasteiger partial charge in [-0.25, -0.2) is 13.4 Å². The van der Waals surface area contributed by atoms with Crippen LogP contribution in [0.4, 0.5) is 11.5 Å². The molecule has 0 fully saturated rings. The number of nitrogens with zero attached hydrogens (tertiary/aromatic N) is 2. The summed E-state index contributed by atoms with van der Waals surface area (Å²) < 4.78 is 31.7. The van der Waals surface area contributed by atoms with Gasteiger partial charge >= 0.3 is 0 Å². The molecular weight excluding hydrogens is 298 g/mol. The molecular formula is C12H11N3O5S. The number of nitro groups is 1. The Balaban J connectivity index is 2.42. The number of benzene rings is 1. The van der Waals surface area contributed by atoms with E-state index in [4.69, 9.17) is 4.74 Å². The second-order valence-electron chi connectivity index (χ2n) is 3.91. The van der Waals surface area contributed by atoms with E-state index in [2.05, 4.69) is 9.71 Å². The molecule has 1 N–H and O–H groups in total. The molecule has 0 bridgehead atoms. The molecule has 21 heavy (non-hydrogen) atoms. The van der Waals surface area contributed by atoms with E-state index < -0.39 is 14.9 Å². The number of aromatic nitrogens is 1. The van der Waals surface area contributed by atoms with Crippen molar-refractivity contribution in [3.63, 3.8) is 0 Å². The van der Waals surface area contributed by atoms with Gasteiger partial charge in [0, 0.05) is 12.3 Å². The van der Waals surface area contributed by atoms with E-state index in [1.807, 2.05) is 0 Å². The number of anilines is 1. The average molecular weight is 309 g/mol. The quantitative estimate of drug-likeness (QED) is 0.666. The molecule has 0 aliphatic carbocycles. The number of hydrogen-bond donors (Lipinski definition) is 1. The highest BCUT2D eigenvalue weighted by Gasteiger charge is 2.22. The fraction of sp³-hybridized carbons (Fsp3) is 0.0833. The molecule has 8 nitrogen and oxygen atoms in total. The van der Waals surface area contributed by atoms with Gasteiger partial charge < -0.3 is 4.74 Å². The zero-order valence-corrected chi connectivity index (χ0v) is 11.7. The number of pyridine rings is 1. The Morgan fingerprint density at radius 3 is 2.62 bits per heavy atom. The highest BCUT2D eigenvalue weighted by molar-refractivity contribution is 7.92. The zero-order valence-electron chi connectivity index (χ0n) is 10.9. The Morgan fingerprint density at radius 1 is 1.29 bits per heavy atom. The summed E-state index contributed by atoms with van der Waals surface area (Å²) in [6.45, 7) is 0. The van der Waals surface area contributed by atoms with Gasteiger partial charge in [0.1, 0.15) is 16.5 Å². The molecule has 0 saturated heterocycles. The largest absolute Gasteiger partial charge is 0.495 e. The first-order valence-corrected chi connectivity index (χ1v) is 7.18. The molecule has 0 amide bonds. The maximum atomic E-state index is 12.3. The number of nitrogens with one attached hydrogen (secondary N) is 1. The standard InChI is InChI=1S/C12H11N3O5S/c1-20-10-8-9(15(16)17)5-6-11(10)21(18,19)14-12-4-2-3-7-13-12/h2-8H,1H3,(H,13,14). The van der Waals surface area contributed by atoms with Gasteiger partial charge in [0.2, 0.25) is 0 Å². The van der Waals surface area contributed by atoms with Crippen molar-refractivity contribution in [2.75, 3.05) is 11.8 Å². The van der Waals surface area contributed by atoms with Crippen molar-refractivity contribution in [2.24, 2.45) is 0 Å². The molecule has 1 aromatic carbocycles. The van der Waals surface area contributed by atoms with Crippen molar-refractivity contribution in [2.45, 2.75) is 4.90 Å². The summed E-state index contributed by atoms with van der Waals surface area (Å²) in [6, 6.07) is 8.00. The van der Waals surface area contributed by atoms with Crippen LogP contribution in [0.25, 0.3) is 0 Å². The van der Waals surface area contributed by atoms with Crippen molar-refractivity contribution >= 4 is 21.5 Å². The van der Waals surface area contributed by atoms with Crippen LogP contribution in [0.2, 0.25) is 0 Å². The molecule has 0 atom stereocenters. The number of ether oxygens (including phenoxy) is 1. The minimum Gasteiger partial charge on any atom is -0.495 e. The fourth-order valence-electron chi connectivity index (χ4n) is 1.61. The summed E-state index contributed by atoms with van der Waals surface area (Å²) in [7, 11) is -2.72. The highest BCUT2D eigenvalue weighted by atomic mass is 32.2. The number of nitro benzene ring substituents is 1. The summed E-state index contributed by atoms with van der Waals surface area (Å²) in [6.07, 6.45) is 1.44. The number of rotatable bonds is 5. The summed E-state index contributed by atoms with van der Waals surface area (Å²) in [5, 5.41) is 10.7. The van der Waals surface area contributed by atoms with Crippen molar-refractivity contribution in [1.82, 2.24) is 4.98 Å². The van der Waals surface area contributed by atoms with Crippen LogP contribution >= 0.6 is 0 Å². The van der Waals surface area contributed by atoms with Gasteiger partial charge in [-0.1, -0.05) is 6.07 Å². The maximum absolute atomic E-state index is 12.3. The number of sulfonamides is 1. The number of non-ortho nitro benzene ring substituents is 1. The Morgan fingerprint density at radius 2 is 2.05 bits per heavy atom. The van der Waals surface area contributed by atoms with E-state index in [9.17, 15) is 18.5 Å². The van der Waals surface area contributed by atoms with Gasteiger partial charge in [0.05, 0.1) is 18.1 Å². The Labute approximate surface area is 120 Å². The molecule has 0 spiro atoms. The normalized spacial score (nSPS) is 10.9. The zero-order chi connectivity index (χ0) is 15.5. The minimum absolute atomic E-state index is 0.118. The van der Waals surface area contributed by atoms with Gasteiger partial charge in [0.15, 0.2) is 0 Å².